The standard InChI is InChI=1S/C33H68N2O5/c1-9-32(3,27-23-19-15-11-13-17-21-25-29(37-5)38-6)34-31(36)35-33(4,10-2)28-24-20-16-12-14-18-22-26-30(39-7)40-8/h29-30H,9-28H2,1-8H3,(H2,34,35,36). The topological polar surface area (TPSA) is 78.1 Å². The molecule has 0 saturated heterocycles. The number of hydrogen-bond donors (Lipinski definition) is 2. The summed E-state index contributed by atoms with van der Waals surface area (Å²) >= 11 is 0. The maximum absolute atomic E-state index is 13.0. The summed E-state index contributed by atoms with van der Waals surface area (Å²) in [6.45, 7) is 8.76. The van der Waals surface area contributed by atoms with Crippen molar-refractivity contribution in [3.05, 3.63) is 0 Å². The summed E-state index contributed by atoms with van der Waals surface area (Å²) in [5, 5.41) is 6.66. The van der Waals surface area contributed by atoms with E-state index in [-0.39, 0.29) is 29.7 Å². The molecule has 0 aromatic carbocycles. The highest BCUT2D eigenvalue weighted by Gasteiger charge is 2.28. The Bertz CT molecular complexity index is 537. The first-order valence-corrected chi connectivity index (χ1v) is 16.4. The molecular weight excluding hydrogens is 504 g/mol. The Morgan fingerprint density at radius 1 is 0.525 bits per heavy atom. The molecule has 7 nitrogen and oxygen atoms in total. The molecule has 0 aliphatic rings. The fourth-order valence-corrected chi connectivity index (χ4v) is 5.32. The zero-order valence-corrected chi connectivity index (χ0v) is 27.8. The van der Waals surface area contributed by atoms with Crippen LogP contribution in [0.25, 0.3) is 0 Å². The fourth-order valence-electron chi connectivity index (χ4n) is 5.32. The van der Waals surface area contributed by atoms with Gasteiger partial charge in [-0.1, -0.05) is 90.9 Å². The molecule has 2 N–H and O–H groups in total. The first kappa shape index (κ1) is 39.1. The lowest BCUT2D eigenvalue weighted by Crippen LogP contribution is -2.56. The second-order valence-corrected chi connectivity index (χ2v) is 12.2. The third-order valence-corrected chi connectivity index (χ3v) is 8.78. The molecule has 7 heteroatoms. The van der Waals surface area contributed by atoms with E-state index in [1.807, 2.05) is 0 Å². The van der Waals surface area contributed by atoms with E-state index < -0.39 is 0 Å². The molecule has 0 radical (unpaired) electrons. The number of urea groups is 1. The monoisotopic (exact) mass is 573 g/mol. The Morgan fingerprint density at radius 3 is 1.07 bits per heavy atom. The maximum Gasteiger partial charge on any atom is 0.315 e. The van der Waals surface area contributed by atoms with Crippen LogP contribution in [0.15, 0.2) is 0 Å². The number of nitrogens with one attached hydrogen (secondary N) is 2. The van der Waals surface area contributed by atoms with Crippen LogP contribution in [-0.4, -0.2) is 58.1 Å². The summed E-state index contributed by atoms with van der Waals surface area (Å²) in [6, 6.07) is -0.00968. The van der Waals surface area contributed by atoms with Crippen LogP contribution in [0.4, 0.5) is 4.79 Å². The molecule has 0 fully saturated rings. The van der Waals surface area contributed by atoms with Crippen LogP contribution >= 0.6 is 0 Å². The van der Waals surface area contributed by atoms with Crippen LogP contribution in [0.2, 0.25) is 0 Å². The van der Waals surface area contributed by atoms with Gasteiger partial charge in [0.15, 0.2) is 12.6 Å². The van der Waals surface area contributed by atoms with Crippen molar-refractivity contribution in [2.75, 3.05) is 28.4 Å². The summed E-state index contributed by atoms with van der Waals surface area (Å²) in [7, 11) is 6.81. The molecular formula is C33H68N2O5. The molecule has 240 valence electrons. The summed E-state index contributed by atoms with van der Waals surface area (Å²) in [5.74, 6) is 0. The molecule has 0 saturated carbocycles. The second kappa shape index (κ2) is 24.7. The van der Waals surface area contributed by atoms with Crippen LogP contribution in [0, 0.1) is 0 Å². The van der Waals surface area contributed by atoms with Crippen molar-refractivity contribution in [1.82, 2.24) is 10.6 Å². The Kier molecular flexibility index (Phi) is 24.1. The summed E-state index contributed by atoms with van der Waals surface area (Å²) in [5.41, 5.74) is -0.304. The average Bonchev–Trinajstić information content (AvgIpc) is 2.95. The number of carbonyl (C=O) groups excluding carboxylic acids is 1. The zero-order chi connectivity index (χ0) is 30.1. The predicted molar refractivity (Wildman–Crippen MR) is 168 cm³/mol. The Balaban J connectivity index is 4.10. The normalized spacial score (nSPS) is 14.8. The van der Waals surface area contributed by atoms with E-state index in [2.05, 4.69) is 38.3 Å². The zero-order valence-electron chi connectivity index (χ0n) is 27.8. The number of methoxy groups -OCH3 is 4. The van der Waals surface area contributed by atoms with Crippen LogP contribution < -0.4 is 10.6 Å². The average molecular weight is 573 g/mol. The Hall–Kier alpha value is -0.890. The molecule has 2 amide bonds. The molecule has 0 bridgehead atoms. The molecule has 0 spiro atoms. The van der Waals surface area contributed by atoms with Crippen LogP contribution in [0.5, 0.6) is 0 Å². The van der Waals surface area contributed by atoms with Crippen molar-refractivity contribution in [3.63, 3.8) is 0 Å². The lowest BCUT2D eigenvalue weighted by Gasteiger charge is -2.35. The smallest absolute Gasteiger partial charge is 0.315 e. The van der Waals surface area contributed by atoms with E-state index in [0.717, 1.165) is 64.2 Å². The molecule has 0 rings (SSSR count). The molecule has 40 heavy (non-hydrogen) atoms. The summed E-state index contributed by atoms with van der Waals surface area (Å²) in [6.07, 6.45) is 22.9. The van der Waals surface area contributed by atoms with Crippen LogP contribution in [0.1, 0.15) is 156 Å². The Labute approximate surface area is 248 Å². The summed E-state index contributed by atoms with van der Waals surface area (Å²) < 4.78 is 21.0. The fraction of sp³-hybridized carbons (Fsp3) is 0.970. The van der Waals surface area contributed by atoms with E-state index in [0.29, 0.717) is 0 Å². The molecule has 0 aliphatic heterocycles. The maximum atomic E-state index is 13.0. The van der Waals surface area contributed by atoms with E-state index >= 15 is 0 Å². The largest absolute Gasteiger partial charge is 0.356 e. The van der Waals surface area contributed by atoms with E-state index in [1.54, 1.807) is 28.4 Å². The number of carbonyl (C=O) groups is 1. The minimum Gasteiger partial charge on any atom is -0.356 e. The van der Waals surface area contributed by atoms with Crippen molar-refractivity contribution < 1.29 is 23.7 Å². The van der Waals surface area contributed by atoms with Crippen molar-refractivity contribution in [2.24, 2.45) is 0 Å². The van der Waals surface area contributed by atoms with Crippen molar-refractivity contribution in [3.8, 4) is 0 Å². The van der Waals surface area contributed by atoms with Gasteiger partial charge in [-0.3, -0.25) is 0 Å². The van der Waals surface area contributed by atoms with E-state index in [1.165, 1.54) is 64.2 Å². The number of unbranched alkanes of at least 4 members (excludes halogenated alkanes) is 12. The van der Waals surface area contributed by atoms with Crippen LogP contribution in [-0.2, 0) is 18.9 Å². The third kappa shape index (κ3) is 20.1. The third-order valence-electron chi connectivity index (χ3n) is 8.78. The number of rotatable bonds is 28. The van der Waals surface area contributed by atoms with Gasteiger partial charge in [0, 0.05) is 39.5 Å². The van der Waals surface area contributed by atoms with Gasteiger partial charge in [-0.25, -0.2) is 4.79 Å². The molecule has 2 atom stereocenters. The first-order valence-electron chi connectivity index (χ1n) is 16.4. The predicted octanol–water partition coefficient (Wildman–Crippen LogP) is 8.88. The number of ether oxygens (including phenoxy) is 4. The van der Waals surface area contributed by atoms with E-state index in [4.69, 9.17) is 18.9 Å². The van der Waals surface area contributed by atoms with Gasteiger partial charge in [-0.2, -0.15) is 0 Å². The quantitative estimate of drug-likeness (QED) is 0.0723. The van der Waals surface area contributed by atoms with Gasteiger partial charge in [0.2, 0.25) is 0 Å². The second-order valence-electron chi connectivity index (χ2n) is 12.2. The van der Waals surface area contributed by atoms with Gasteiger partial charge in [0.25, 0.3) is 0 Å². The highest BCUT2D eigenvalue weighted by molar-refractivity contribution is 5.75. The van der Waals surface area contributed by atoms with E-state index in [9.17, 15) is 4.79 Å². The lowest BCUT2D eigenvalue weighted by atomic mass is 9.90. The van der Waals surface area contributed by atoms with Crippen molar-refractivity contribution in [2.45, 2.75) is 180 Å². The van der Waals surface area contributed by atoms with Gasteiger partial charge in [0.1, 0.15) is 0 Å². The minimum absolute atomic E-state index is 0.00968. The van der Waals surface area contributed by atoms with Gasteiger partial charge < -0.3 is 29.6 Å². The summed E-state index contributed by atoms with van der Waals surface area (Å²) in [4.78, 5) is 13.0. The van der Waals surface area contributed by atoms with Gasteiger partial charge >= 0.3 is 6.03 Å². The molecule has 0 aromatic heterocycles. The van der Waals surface area contributed by atoms with Gasteiger partial charge in [0.05, 0.1) is 0 Å². The number of amides is 2. The molecule has 2 unspecified atom stereocenters. The Morgan fingerprint density at radius 2 is 0.800 bits per heavy atom. The van der Waals surface area contributed by atoms with Crippen molar-refractivity contribution >= 4 is 6.03 Å². The molecule has 0 aliphatic carbocycles. The van der Waals surface area contributed by atoms with Crippen molar-refractivity contribution in [1.29, 1.82) is 0 Å². The minimum atomic E-state index is -0.152. The lowest BCUT2D eigenvalue weighted by molar-refractivity contribution is -0.107. The highest BCUT2D eigenvalue weighted by atomic mass is 16.7. The van der Waals surface area contributed by atoms with Crippen LogP contribution in [0.3, 0.4) is 0 Å². The first-order chi connectivity index (χ1) is 19.2. The SMILES string of the molecule is CCC(C)(CCCCCCCCCC(OC)OC)NC(=O)NC(C)(CC)CCCCCCCCCC(OC)OC. The highest BCUT2D eigenvalue weighted by Crippen LogP contribution is 2.23. The molecule has 0 heterocycles. The van der Waals surface area contributed by atoms with Gasteiger partial charge in [-0.15, -0.1) is 0 Å². The number of hydrogen-bond acceptors (Lipinski definition) is 5. The van der Waals surface area contributed by atoms with Gasteiger partial charge in [-0.05, 0) is 65.2 Å². The molecule has 0 aromatic rings.